The van der Waals surface area contributed by atoms with Crippen LogP contribution in [0.25, 0.3) is 0 Å². The highest BCUT2D eigenvalue weighted by atomic mass is 16.1. The van der Waals surface area contributed by atoms with Gasteiger partial charge in [0.15, 0.2) is 0 Å². The number of carbonyl (C=O) groups is 1. The second-order valence-corrected chi connectivity index (χ2v) is 9.49. The van der Waals surface area contributed by atoms with E-state index in [1.807, 2.05) is 12.1 Å². The predicted molar refractivity (Wildman–Crippen MR) is 133 cm³/mol. The summed E-state index contributed by atoms with van der Waals surface area (Å²) < 4.78 is 0. The molecule has 174 valence electrons. The molecule has 5 heteroatoms. The van der Waals surface area contributed by atoms with Crippen molar-refractivity contribution in [1.82, 2.24) is 10.2 Å². The maximum absolute atomic E-state index is 12.5. The largest absolute Gasteiger partial charge is 0.367 e. The highest BCUT2D eigenvalue weighted by molar-refractivity contribution is 5.78. The first kappa shape index (κ1) is 23.3. The Morgan fingerprint density at radius 3 is 2.33 bits per heavy atom. The molecular weight excluding hydrogens is 408 g/mol. The van der Waals surface area contributed by atoms with Crippen LogP contribution in [0.15, 0.2) is 54.6 Å². The molecule has 0 unspecified atom stereocenters. The molecule has 1 saturated heterocycles. The SMILES string of the molecule is N#Cc1ccc(CC(=O)NC2CCN(CCN(c3ccccc3)C3CCCCC3)CC2)cc1. The number of likely N-dealkylation sites (tertiary alicyclic amines) is 1. The molecule has 2 aliphatic rings. The number of amides is 1. The van der Waals surface area contributed by atoms with Gasteiger partial charge in [0.05, 0.1) is 18.1 Å². The average Bonchev–Trinajstić information content (AvgIpc) is 2.87. The van der Waals surface area contributed by atoms with Crippen molar-refractivity contribution in [3.8, 4) is 6.07 Å². The molecule has 2 aromatic carbocycles. The number of nitrogens with one attached hydrogen (secondary N) is 1. The van der Waals surface area contributed by atoms with Crippen LogP contribution >= 0.6 is 0 Å². The fourth-order valence-corrected chi connectivity index (χ4v) is 5.25. The van der Waals surface area contributed by atoms with Gasteiger partial charge in [0.1, 0.15) is 0 Å². The zero-order chi connectivity index (χ0) is 22.9. The van der Waals surface area contributed by atoms with Gasteiger partial charge in [-0.2, -0.15) is 5.26 Å². The van der Waals surface area contributed by atoms with Crippen LogP contribution in [-0.4, -0.2) is 49.1 Å². The standard InChI is InChI=1S/C28H36N4O/c29-22-24-13-11-23(12-14-24)21-28(33)30-25-15-17-31(18-16-25)19-20-32(26-7-3-1-4-8-26)27-9-5-2-6-10-27/h1,3-4,7-8,11-14,25,27H,2,5-6,9-10,15-21H2,(H,30,33). The average molecular weight is 445 g/mol. The highest BCUT2D eigenvalue weighted by Gasteiger charge is 2.24. The second kappa shape index (κ2) is 11.9. The Labute approximate surface area is 198 Å². The van der Waals surface area contributed by atoms with Crippen LogP contribution in [0.1, 0.15) is 56.1 Å². The first-order valence-electron chi connectivity index (χ1n) is 12.5. The van der Waals surface area contributed by atoms with Crippen LogP contribution in [0.2, 0.25) is 0 Å². The number of anilines is 1. The summed E-state index contributed by atoms with van der Waals surface area (Å²) in [5.41, 5.74) is 2.93. The summed E-state index contributed by atoms with van der Waals surface area (Å²) in [4.78, 5) is 17.7. The Hall–Kier alpha value is -2.84. The quantitative estimate of drug-likeness (QED) is 0.650. The second-order valence-electron chi connectivity index (χ2n) is 9.49. The fourth-order valence-electron chi connectivity index (χ4n) is 5.25. The third-order valence-electron chi connectivity index (χ3n) is 7.16. The van der Waals surface area contributed by atoms with Crippen LogP contribution in [0.3, 0.4) is 0 Å². The van der Waals surface area contributed by atoms with E-state index in [4.69, 9.17) is 5.26 Å². The van der Waals surface area contributed by atoms with Crippen molar-refractivity contribution in [2.75, 3.05) is 31.1 Å². The topological polar surface area (TPSA) is 59.4 Å². The number of hydrogen-bond donors (Lipinski definition) is 1. The molecule has 1 saturated carbocycles. The number of carbonyl (C=O) groups excluding carboxylic acids is 1. The van der Waals surface area contributed by atoms with E-state index >= 15 is 0 Å². The van der Waals surface area contributed by atoms with Crippen molar-refractivity contribution in [2.24, 2.45) is 0 Å². The van der Waals surface area contributed by atoms with Crippen molar-refractivity contribution in [3.05, 3.63) is 65.7 Å². The van der Waals surface area contributed by atoms with E-state index in [-0.39, 0.29) is 11.9 Å². The van der Waals surface area contributed by atoms with E-state index in [1.54, 1.807) is 12.1 Å². The van der Waals surface area contributed by atoms with E-state index in [0.717, 1.165) is 44.6 Å². The number of para-hydroxylation sites is 1. The number of nitrogens with zero attached hydrogens (tertiary/aromatic N) is 3. The summed E-state index contributed by atoms with van der Waals surface area (Å²) in [6, 6.07) is 21.2. The lowest BCUT2D eigenvalue weighted by Crippen LogP contribution is -2.48. The van der Waals surface area contributed by atoms with Gasteiger partial charge in [-0.15, -0.1) is 0 Å². The Morgan fingerprint density at radius 2 is 1.67 bits per heavy atom. The van der Waals surface area contributed by atoms with Crippen molar-refractivity contribution >= 4 is 11.6 Å². The Balaban J connectivity index is 1.22. The van der Waals surface area contributed by atoms with Crippen LogP contribution in [0, 0.1) is 11.3 Å². The summed E-state index contributed by atoms with van der Waals surface area (Å²) in [5.74, 6) is 0.0747. The van der Waals surface area contributed by atoms with E-state index < -0.39 is 0 Å². The molecule has 2 fully saturated rings. The van der Waals surface area contributed by atoms with Gasteiger partial charge in [-0.1, -0.05) is 49.6 Å². The highest BCUT2D eigenvalue weighted by Crippen LogP contribution is 2.27. The van der Waals surface area contributed by atoms with Gasteiger partial charge in [-0.05, 0) is 55.5 Å². The van der Waals surface area contributed by atoms with Crippen molar-refractivity contribution in [3.63, 3.8) is 0 Å². The van der Waals surface area contributed by atoms with Gasteiger partial charge in [0, 0.05) is 44.0 Å². The minimum atomic E-state index is 0.0747. The van der Waals surface area contributed by atoms with E-state index in [2.05, 4.69) is 51.5 Å². The van der Waals surface area contributed by atoms with Gasteiger partial charge in [0.2, 0.25) is 5.91 Å². The van der Waals surface area contributed by atoms with Crippen LogP contribution in [0.5, 0.6) is 0 Å². The predicted octanol–water partition coefficient (Wildman–Crippen LogP) is 4.52. The number of benzene rings is 2. The van der Waals surface area contributed by atoms with Crippen molar-refractivity contribution in [2.45, 2.75) is 63.5 Å². The first-order valence-corrected chi connectivity index (χ1v) is 12.5. The molecule has 1 amide bonds. The van der Waals surface area contributed by atoms with Gasteiger partial charge < -0.3 is 15.1 Å². The summed E-state index contributed by atoms with van der Waals surface area (Å²) in [6.07, 6.45) is 9.08. The van der Waals surface area contributed by atoms with Crippen molar-refractivity contribution in [1.29, 1.82) is 5.26 Å². The van der Waals surface area contributed by atoms with Crippen LogP contribution in [0.4, 0.5) is 5.69 Å². The molecule has 1 N–H and O–H groups in total. The first-order chi connectivity index (χ1) is 16.2. The van der Waals surface area contributed by atoms with Crippen LogP contribution < -0.4 is 10.2 Å². The maximum Gasteiger partial charge on any atom is 0.224 e. The lowest BCUT2D eigenvalue weighted by molar-refractivity contribution is -0.121. The Morgan fingerprint density at radius 1 is 0.970 bits per heavy atom. The zero-order valence-corrected chi connectivity index (χ0v) is 19.6. The molecule has 0 spiro atoms. The van der Waals surface area contributed by atoms with Crippen LogP contribution in [-0.2, 0) is 11.2 Å². The fraction of sp³-hybridized carbons (Fsp3) is 0.500. The van der Waals surface area contributed by atoms with Crippen molar-refractivity contribution < 1.29 is 4.79 Å². The Bertz CT molecular complexity index is 907. The molecule has 4 rings (SSSR count). The van der Waals surface area contributed by atoms with E-state index in [9.17, 15) is 4.79 Å². The molecular formula is C28H36N4O. The molecule has 1 aliphatic carbocycles. The Kier molecular flexibility index (Phi) is 8.38. The monoisotopic (exact) mass is 444 g/mol. The third-order valence-corrected chi connectivity index (χ3v) is 7.16. The normalized spacial score (nSPS) is 17.9. The summed E-state index contributed by atoms with van der Waals surface area (Å²) in [7, 11) is 0. The van der Waals surface area contributed by atoms with E-state index in [0.29, 0.717) is 18.0 Å². The molecule has 0 aromatic heterocycles. The molecule has 1 heterocycles. The molecule has 0 radical (unpaired) electrons. The number of nitriles is 1. The van der Waals surface area contributed by atoms with Gasteiger partial charge in [-0.25, -0.2) is 0 Å². The number of hydrogen-bond acceptors (Lipinski definition) is 4. The minimum Gasteiger partial charge on any atom is -0.367 e. The number of piperidine rings is 1. The molecule has 2 aromatic rings. The maximum atomic E-state index is 12.5. The van der Waals surface area contributed by atoms with Gasteiger partial charge in [0.25, 0.3) is 0 Å². The minimum absolute atomic E-state index is 0.0747. The van der Waals surface area contributed by atoms with Gasteiger partial charge in [-0.3, -0.25) is 4.79 Å². The van der Waals surface area contributed by atoms with Gasteiger partial charge >= 0.3 is 0 Å². The zero-order valence-electron chi connectivity index (χ0n) is 19.6. The lowest BCUT2D eigenvalue weighted by Gasteiger charge is -2.39. The molecule has 0 bridgehead atoms. The molecule has 33 heavy (non-hydrogen) atoms. The summed E-state index contributed by atoms with van der Waals surface area (Å²) in [5, 5.41) is 12.1. The lowest BCUT2D eigenvalue weighted by atomic mass is 9.93. The third kappa shape index (κ3) is 6.82. The molecule has 1 aliphatic heterocycles. The van der Waals surface area contributed by atoms with E-state index in [1.165, 1.54) is 37.8 Å². The summed E-state index contributed by atoms with van der Waals surface area (Å²) >= 11 is 0. The smallest absolute Gasteiger partial charge is 0.224 e. The number of rotatable bonds is 8. The summed E-state index contributed by atoms with van der Waals surface area (Å²) in [6.45, 7) is 4.23. The molecule has 5 nitrogen and oxygen atoms in total. The molecule has 0 atom stereocenters.